The van der Waals surface area contributed by atoms with E-state index in [2.05, 4.69) is 54.5 Å². The lowest BCUT2D eigenvalue weighted by Crippen LogP contribution is -2.65. The van der Waals surface area contributed by atoms with Gasteiger partial charge in [0.1, 0.15) is 5.78 Å². The van der Waals surface area contributed by atoms with Crippen LogP contribution in [0, 0.1) is 56.7 Å². The Bertz CT molecular complexity index is 916. The molecule has 0 spiro atoms. The zero-order valence-electron chi connectivity index (χ0n) is 22.1. The fourth-order valence-electron chi connectivity index (χ4n) is 10.7. The molecule has 0 bridgehead atoms. The molecule has 5 aliphatic carbocycles. The summed E-state index contributed by atoms with van der Waals surface area (Å²) in [4.78, 5) is 25.7. The number of carboxylic acids is 1. The molecule has 1 N–H and O–H groups in total. The SMILES string of the molecule is C[C@H]1[C@H](C)CC[C@]2(C(=O)O)CC[C@]3(C)C(=CC[C@@H]4[C@@]5(C)CCC(=O)C(C)(C)C5CC[C@]43C)[C@H]12. The summed E-state index contributed by atoms with van der Waals surface area (Å²) in [6, 6.07) is 0. The Morgan fingerprint density at radius 3 is 2.30 bits per heavy atom. The van der Waals surface area contributed by atoms with Gasteiger partial charge < -0.3 is 5.11 Å². The van der Waals surface area contributed by atoms with Crippen LogP contribution in [0.5, 0.6) is 0 Å². The average molecular weight is 455 g/mol. The van der Waals surface area contributed by atoms with Crippen molar-refractivity contribution in [2.75, 3.05) is 0 Å². The van der Waals surface area contributed by atoms with Crippen LogP contribution in [0.4, 0.5) is 0 Å². The van der Waals surface area contributed by atoms with Gasteiger partial charge >= 0.3 is 5.97 Å². The molecular weight excluding hydrogens is 408 g/mol. The van der Waals surface area contributed by atoms with Gasteiger partial charge in [0.25, 0.3) is 0 Å². The predicted molar refractivity (Wildman–Crippen MR) is 132 cm³/mol. The summed E-state index contributed by atoms with van der Waals surface area (Å²) in [6.45, 7) is 16.7. The average Bonchev–Trinajstić information content (AvgIpc) is 2.74. The molecule has 0 aliphatic heterocycles. The topological polar surface area (TPSA) is 54.4 Å². The summed E-state index contributed by atoms with van der Waals surface area (Å²) in [5, 5.41) is 10.5. The number of hydrogen-bond donors (Lipinski definition) is 1. The standard InChI is InChI=1S/C30H46O3/c1-18-10-15-30(25(32)33)17-16-28(6)20(24(30)19(18)2)8-9-22-27(5)13-12-23(31)26(3,4)21(27)11-14-29(22,28)7/h8,18-19,21-22,24H,9-17H2,1-7H3,(H,32,33)/t18-,19+,21?,22-,24+,27+,28-,29-,30+/m1/s1. The smallest absolute Gasteiger partial charge is 0.310 e. The minimum atomic E-state index is -0.569. The number of aliphatic carboxylic acids is 1. The molecule has 0 aromatic carbocycles. The van der Waals surface area contributed by atoms with Crippen molar-refractivity contribution in [1.29, 1.82) is 0 Å². The summed E-state index contributed by atoms with van der Waals surface area (Å²) in [7, 11) is 0. The second kappa shape index (κ2) is 6.97. The highest BCUT2D eigenvalue weighted by atomic mass is 16.4. The van der Waals surface area contributed by atoms with E-state index in [0.717, 1.165) is 51.4 Å². The first-order valence-corrected chi connectivity index (χ1v) is 13.7. The number of Topliss-reactive ketones (excluding diaryl/α,β-unsaturated/α-hetero) is 1. The molecule has 3 heteroatoms. The monoisotopic (exact) mass is 454 g/mol. The number of hydrogen-bond acceptors (Lipinski definition) is 2. The number of carbonyl (C=O) groups is 2. The molecule has 4 saturated carbocycles. The fraction of sp³-hybridized carbons (Fsp3) is 0.867. The molecule has 0 aromatic rings. The maximum atomic E-state index is 12.9. The zero-order valence-corrected chi connectivity index (χ0v) is 22.1. The van der Waals surface area contributed by atoms with Crippen molar-refractivity contribution in [3.63, 3.8) is 0 Å². The summed E-state index contributed by atoms with van der Waals surface area (Å²) in [5.74, 6) is 2.10. The van der Waals surface area contributed by atoms with Crippen LogP contribution in [0.15, 0.2) is 11.6 Å². The zero-order chi connectivity index (χ0) is 24.2. The fourth-order valence-corrected chi connectivity index (χ4v) is 10.7. The van der Waals surface area contributed by atoms with Gasteiger partial charge in [-0.2, -0.15) is 0 Å². The minimum Gasteiger partial charge on any atom is -0.481 e. The second-order valence-electron chi connectivity index (χ2n) is 14.3. The summed E-state index contributed by atoms with van der Waals surface area (Å²) < 4.78 is 0. The normalized spacial score (nSPS) is 53.1. The van der Waals surface area contributed by atoms with Gasteiger partial charge in [0, 0.05) is 11.8 Å². The van der Waals surface area contributed by atoms with Gasteiger partial charge in [-0.05, 0) is 97.2 Å². The Kier molecular flexibility index (Phi) is 4.99. The maximum absolute atomic E-state index is 12.9. The lowest BCUT2D eigenvalue weighted by Gasteiger charge is -2.70. The van der Waals surface area contributed by atoms with E-state index in [1.807, 2.05) is 0 Å². The van der Waals surface area contributed by atoms with Gasteiger partial charge in [-0.1, -0.05) is 60.1 Å². The van der Waals surface area contributed by atoms with Crippen molar-refractivity contribution in [1.82, 2.24) is 0 Å². The number of allylic oxidation sites excluding steroid dienone is 2. The lowest BCUT2D eigenvalue weighted by atomic mass is 9.33. The van der Waals surface area contributed by atoms with Crippen molar-refractivity contribution in [2.45, 2.75) is 106 Å². The van der Waals surface area contributed by atoms with E-state index in [4.69, 9.17) is 0 Å². The molecule has 33 heavy (non-hydrogen) atoms. The van der Waals surface area contributed by atoms with E-state index >= 15 is 0 Å². The first-order valence-electron chi connectivity index (χ1n) is 13.7. The van der Waals surface area contributed by atoms with Crippen molar-refractivity contribution in [3.05, 3.63) is 11.6 Å². The van der Waals surface area contributed by atoms with Crippen molar-refractivity contribution in [2.24, 2.45) is 56.7 Å². The third kappa shape index (κ3) is 2.69. The van der Waals surface area contributed by atoms with Crippen molar-refractivity contribution < 1.29 is 14.7 Å². The van der Waals surface area contributed by atoms with Gasteiger partial charge in [0.2, 0.25) is 0 Å². The van der Waals surface area contributed by atoms with E-state index in [-0.39, 0.29) is 27.6 Å². The highest BCUT2D eigenvalue weighted by molar-refractivity contribution is 5.85. The van der Waals surface area contributed by atoms with Gasteiger partial charge in [0.15, 0.2) is 0 Å². The molecule has 0 heterocycles. The highest BCUT2D eigenvalue weighted by Gasteiger charge is 2.69. The third-order valence-corrected chi connectivity index (χ3v) is 13.2. The van der Waals surface area contributed by atoms with Gasteiger partial charge in [-0.15, -0.1) is 0 Å². The van der Waals surface area contributed by atoms with Crippen LogP contribution < -0.4 is 0 Å². The molecule has 0 saturated heterocycles. The quantitative estimate of drug-likeness (QED) is 0.423. The summed E-state index contributed by atoms with van der Waals surface area (Å²) in [6.07, 6.45) is 11.3. The third-order valence-electron chi connectivity index (χ3n) is 13.2. The van der Waals surface area contributed by atoms with Crippen LogP contribution in [0.25, 0.3) is 0 Å². The van der Waals surface area contributed by atoms with E-state index < -0.39 is 11.4 Å². The number of rotatable bonds is 1. The maximum Gasteiger partial charge on any atom is 0.310 e. The lowest BCUT2D eigenvalue weighted by molar-refractivity contribution is -0.190. The minimum absolute atomic E-state index is 0.0600. The summed E-state index contributed by atoms with van der Waals surface area (Å²) >= 11 is 0. The Labute approximate surface area is 201 Å². The molecule has 5 rings (SSSR count). The van der Waals surface area contributed by atoms with Crippen LogP contribution in [0.2, 0.25) is 0 Å². The Hall–Kier alpha value is -1.12. The van der Waals surface area contributed by atoms with E-state index in [1.165, 1.54) is 12.0 Å². The largest absolute Gasteiger partial charge is 0.481 e. The Balaban J connectivity index is 1.62. The number of ketones is 1. The van der Waals surface area contributed by atoms with Gasteiger partial charge in [-0.25, -0.2) is 0 Å². The van der Waals surface area contributed by atoms with Crippen LogP contribution in [-0.2, 0) is 9.59 Å². The molecule has 5 aliphatic rings. The Morgan fingerprint density at radius 2 is 1.64 bits per heavy atom. The van der Waals surface area contributed by atoms with E-state index in [0.29, 0.717) is 29.5 Å². The second-order valence-corrected chi connectivity index (χ2v) is 14.3. The number of carbonyl (C=O) groups excluding carboxylic acids is 1. The predicted octanol–water partition coefficient (Wildman–Crippen LogP) is 7.30. The van der Waals surface area contributed by atoms with Crippen LogP contribution in [0.3, 0.4) is 0 Å². The van der Waals surface area contributed by atoms with Crippen molar-refractivity contribution in [3.8, 4) is 0 Å². The van der Waals surface area contributed by atoms with Crippen LogP contribution >= 0.6 is 0 Å². The molecule has 0 radical (unpaired) electrons. The van der Waals surface area contributed by atoms with E-state index in [1.54, 1.807) is 0 Å². The molecule has 184 valence electrons. The Morgan fingerprint density at radius 1 is 0.939 bits per heavy atom. The van der Waals surface area contributed by atoms with Crippen LogP contribution in [0.1, 0.15) is 106 Å². The summed E-state index contributed by atoms with van der Waals surface area (Å²) in [5.41, 5.74) is 1.12. The molecule has 9 atom stereocenters. The van der Waals surface area contributed by atoms with Crippen LogP contribution in [-0.4, -0.2) is 16.9 Å². The highest BCUT2D eigenvalue weighted by Crippen LogP contribution is 2.75. The number of carboxylic acid groups (broad SMARTS) is 1. The first-order chi connectivity index (χ1) is 15.3. The van der Waals surface area contributed by atoms with E-state index in [9.17, 15) is 14.7 Å². The molecule has 4 fully saturated rings. The molecule has 0 amide bonds. The molecular formula is C30H46O3. The molecule has 3 nitrogen and oxygen atoms in total. The van der Waals surface area contributed by atoms with Gasteiger partial charge in [-0.3, -0.25) is 9.59 Å². The molecule has 1 unspecified atom stereocenters. The number of fused-ring (bicyclic) bond motifs is 7. The first kappa shape index (κ1) is 23.6. The van der Waals surface area contributed by atoms with Crippen molar-refractivity contribution >= 4 is 11.8 Å². The van der Waals surface area contributed by atoms with Gasteiger partial charge in [0.05, 0.1) is 5.41 Å². The molecule has 0 aromatic heterocycles.